The van der Waals surface area contributed by atoms with Gasteiger partial charge in [-0.2, -0.15) is 0 Å². The molecule has 1 fully saturated rings. The molecule has 3 heteroatoms. The lowest BCUT2D eigenvalue weighted by molar-refractivity contribution is 0.177. The van der Waals surface area contributed by atoms with Crippen LogP contribution in [0.4, 0.5) is 0 Å². The third-order valence-electron chi connectivity index (χ3n) is 3.34. The number of amidine groups is 1. The fourth-order valence-corrected chi connectivity index (χ4v) is 2.43. The molecule has 1 aliphatic rings. The lowest BCUT2D eigenvalue weighted by atomic mass is 9.88. The maximum Gasteiger partial charge on any atom is 0.0972 e. The highest BCUT2D eigenvalue weighted by atomic mass is 16.5. The van der Waals surface area contributed by atoms with E-state index in [1.807, 2.05) is 0 Å². The third-order valence-corrected chi connectivity index (χ3v) is 3.34. The van der Waals surface area contributed by atoms with Crippen molar-refractivity contribution in [1.82, 2.24) is 0 Å². The number of ether oxygens (including phenoxy) is 1. The first-order valence-corrected chi connectivity index (χ1v) is 6.60. The minimum Gasteiger partial charge on any atom is -0.387 e. The van der Waals surface area contributed by atoms with Crippen LogP contribution < -0.4 is 5.73 Å². The molecule has 1 atom stereocenters. The number of methoxy groups -OCH3 is 1. The van der Waals surface area contributed by atoms with Gasteiger partial charge in [0, 0.05) is 13.0 Å². The molecular weight excluding hydrogens is 200 g/mol. The van der Waals surface area contributed by atoms with E-state index >= 15 is 0 Å². The number of hydrogen-bond donors (Lipinski definition) is 1. The minimum absolute atomic E-state index is 0.261. The fourth-order valence-electron chi connectivity index (χ4n) is 2.43. The average molecular weight is 226 g/mol. The van der Waals surface area contributed by atoms with Gasteiger partial charge in [-0.05, 0) is 19.3 Å². The highest BCUT2D eigenvalue weighted by molar-refractivity contribution is 5.83. The Morgan fingerprint density at radius 3 is 2.62 bits per heavy atom. The largest absolute Gasteiger partial charge is 0.387 e. The number of nitrogens with two attached hydrogens (primary N) is 1. The molecule has 0 aromatic carbocycles. The molecule has 0 aliphatic heterocycles. The first-order chi connectivity index (χ1) is 7.77. The van der Waals surface area contributed by atoms with E-state index in [2.05, 4.69) is 11.9 Å². The van der Waals surface area contributed by atoms with E-state index in [9.17, 15) is 0 Å². The second-order valence-corrected chi connectivity index (χ2v) is 4.79. The molecular formula is C13H26N2O. The molecule has 0 aromatic heterocycles. The molecule has 2 N–H and O–H groups in total. The summed E-state index contributed by atoms with van der Waals surface area (Å²) in [6.07, 6.45) is 8.63. The smallest absolute Gasteiger partial charge is 0.0972 e. The summed E-state index contributed by atoms with van der Waals surface area (Å²) in [5.41, 5.74) is 6.10. The van der Waals surface area contributed by atoms with Gasteiger partial charge in [-0.1, -0.05) is 32.6 Å². The van der Waals surface area contributed by atoms with Gasteiger partial charge in [0.05, 0.1) is 18.5 Å². The summed E-state index contributed by atoms with van der Waals surface area (Å²) in [5, 5.41) is 0. The monoisotopic (exact) mass is 226 g/mol. The Kier molecular flexibility index (Phi) is 6.46. The Morgan fingerprint density at radius 2 is 2.06 bits per heavy atom. The van der Waals surface area contributed by atoms with Crippen LogP contribution in [0.3, 0.4) is 0 Å². The van der Waals surface area contributed by atoms with E-state index in [-0.39, 0.29) is 6.04 Å². The Hall–Kier alpha value is -0.570. The van der Waals surface area contributed by atoms with E-state index in [1.54, 1.807) is 7.11 Å². The van der Waals surface area contributed by atoms with Crippen molar-refractivity contribution in [1.29, 1.82) is 0 Å². The topological polar surface area (TPSA) is 47.6 Å². The van der Waals surface area contributed by atoms with E-state index in [4.69, 9.17) is 10.5 Å². The highest BCUT2D eigenvalue weighted by Crippen LogP contribution is 2.24. The van der Waals surface area contributed by atoms with Crippen molar-refractivity contribution >= 4 is 5.84 Å². The van der Waals surface area contributed by atoms with Crippen LogP contribution in [0, 0.1) is 5.92 Å². The van der Waals surface area contributed by atoms with Crippen LogP contribution in [0.15, 0.2) is 4.99 Å². The van der Waals surface area contributed by atoms with Crippen molar-refractivity contribution in [3.8, 4) is 0 Å². The number of aliphatic imine (C=N–C) groups is 1. The summed E-state index contributed by atoms with van der Waals surface area (Å²) in [4.78, 5) is 4.65. The van der Waals surface area contributed by atoms with Crippen molar-refractivity contribution in [3.63, 3.8) is 0 Å². The molecule has 0 amide bonds. The average Bonchev–Trinajstić information content (AvgIpc) is 2.31. The van der Waals surface area contributed by atoms with Crippen molar-refractivity contribution in [2.24, 2.45) is 16.6 Å². The minimum atomic E-state index is 0.261. The molecule has 3 nitrogen and oxygen atoms in total. The molecule has 0 heterocycles. The molecule has 1 rings (SSSR count). The van der Waals surface area contributed by atoms with Crippen LogP contribution in [0.5, 0.6) is 0 Å². The lowest BCUT2D eigenvalue weighted by Crippen LogP contribution is -2.28. The molecule has 0 aromatic rings. The Morgan fingerprint density at radius 1 is 1.38 bits per heavy atom. The Labute approximate surface area is 99.5 Å². The van der Waals surface area contributed by atoms with Gasteiger partial charge in [0.25, 0.3) is 0 Å². The first kappa shape index (κ1) is 13.5. The highest BCUT2D eigenvalue weighted by Gasteiger charge is 2.18. The zero-order valence-electron chi connectivity index (χ0n) is 10.7. The number of rotatable bonds is 6. The Bertz CT molecular complexity index is 204. The van der Waals surface area contributed by atoms with Gasteiger partial charge in [-0.25, -0.2) is 0 Å². The van der Waals surface area contributed by atoms with Crippen LogP contribution in [0.25, 0.3) is 0 Å². The molecule has 1 saturated carbocycles. The second-order valence-electron chi connectivity index (χ2n) is 4.79. The van der Waals surface area contributed by atoms with E-state index < -0.39 is 0 Å². The molecule has 94 valence electrons. The number of nitrogens with zero attached hydrogens (tertiary/aromatic N) is 1. The van der Waals surface area contributed by atoms with Gasteiger partial charge in [0.1, 0.15) is 0 Å². The van der Waals surface area contributed by atoms with Gasteiger partial charge >= 0.3 is 0 Å². The summed E-state index contributed by atoms with van der Waals surface area (Å²) < 4.78 is 5.18. The lowest BCUT2D eigenvalue weighted by Gasteiger charge is -2.22. The van der Waals surface area contributed by atoms with E-state index in [0.29, 0.717) is 12.5 Å². The summed E-state index contributed by atoms with van der Waals surface area (Å²) >= 11 is 0. The quantitative estimate of drug-likeness (QED) is 0.559. The third kappa shape index (κ3) is 4.52. The van der Waals surface area contributed by atoms with Crippen molar-refractivity contribution in [2.75, 3.05) is 13.7 Å². The molecule has 1 aliphatic carbocycles. The summed E-state index contributed by atoms with van der Waals surface area (Å²) in [5.74, 6) is 1.40. The summed E-state index contributed by atoms with van der Waals surface area (Å²) in [6, 6.07) is 0.261. The summed E-state index contributed by atoms with van der Waals surface area (Å²) in [6.45, 7) is 2.87. The first-order valence-electron chi connectivity index (χ1n) is 6.60. The standard InChI is InChI=1S/C13H26N2O/c1-3-7-12(10-16-2)15-13(14)11-8-5-4-6-9-11/h11-12H,3-10H2,1-2H3,(H2,14,15). The number of hydrogen-bond acceptors (Lipinski definition) is 2. The van der Waals surface area contributed by atoms with Gasteiger partial charge in [0.15, 0.2) is 0 Å². The fraction of sp³-hybridized carbons (Fsp3) is 0.923. The van der Waals surface area contributed by atoms with Crippen LogP contribution in [-0.2, 0) is 4.74 Å². The molecule has 0 saturated heterocycles. The van der Waals surface area contributed by atoms with Crippen LogP contribution >= 0.6 is 0 Å². The molecule has 0 bridgehead atoms. The van der Waals surface area contributed by atoms with Gasteiger partial charge < -0.3 is 10.5 Å². The molecule has 1 unspecified atom stereocenters. The maximum absolute atomic E-state index is 6.10. The second kappa shape index (κ2) is 7.66. The van der Waals surface area contributed by atoms with Gasteiger partial charge in [0.2, 0.25) is 0 Å². The van der Waals surface area contributed by atoms with E-state index in [1.165, 1.54) is 32.1 Å². The predicted octanol–water partition coefficient (Wildman–Crippen LogP) is 2.74. The molecule has 16 heavy (non-hydrogen) atoms. The van der Waals surface area contributed by atoms with Crippen molar-refractivity contribution in [3.05, 3.63) is 0 Å². The van der Waals surface area contributed by atoms with Gasteiger partial charge in [-0.3, -0.25) is 4.99 Å². The van der Waals surface area contributed by atoms with Crippen LogP contribution in [0.1, 0.15) is 51.9 Å². The molecule has 0 spiro atoms. The maximum atomic E-state index is 6.10. The zero-order valence-corrected chi connectivity index (χ0v) is 10.7. The summed E-state index contributed by atoms with van der Waals surface area (Å²) in [7, 11) is 1.73. The van der Waals surface area contributed by atoms with E-state index in [0.717, 1.165) is 18.7 Å². The SMILES string of the molecule is CCCC(COC)N=C(N)C1CCCCC1. The van der Waals surface area contributed by atoms with Crippen molar-refractivity contribution < 1.29 is 4.74 Å². The normalized spacial score (nSPS) is 21.0. The van der Waals surface area contributed by atoms with Crippen LogP contribution in [-0.4, -0.2) is 25.6 Å². The van der Waals surface area contributed by atoms with Crippen molar-refractivity contribution in [2.45, 2.75) is 57.9 Å². The Balaban J connectivity index is 2.49. The zero-order chi connectivity index (χ0) is 11.8. The van der Waals surface area contributed by atoms with Crippen LogP contribution in [0.2, 0.25) is 0 Å². The molecule has 0 radical (unpaired) electrons. The predicted molar refractivity (Wildman–Crippen MR) is 68.8 cm³/mol. The van der Waals surface area contributed by atoms with Gasteiger partial charge in [-0.15, -0.1) is 0 Å².